The standard InChI is InChI=1S/C18H23N3O3/c1-3-24-16(22)10-12-20(2)21-11-6-8-14-17(21)13-7-4-5-9-15(13)19-18(14)23/h4-5,7,9H,3,6,8,10-12H2,1-2H3,(H,19,23). The molecule has 0 saturated heterocycles. The molecule has 1 aromatic heterocycles. The van der Waals surface area contributed by atoms with Crippen molar-refractivity contribution in [2.45, 2.75) is 26.2 Å². The molecule has 0 radical (unpaired) electrons. The summed E-state index contributed by atoms with van der Waals surface area (Å²) in [7, 11) is 1.95. The second-order valence-electron chi connectivity index (χ2n) is 5.99. The highest BCUT2D eigenvalue weighted by molar-refractivity contribution is 5.93. The van der Waals surface area contributed by atoms with Crippen molar-refractivity contribution in [1.82, 2.24) is 9.99 Å². The number of carbonyl (C=O) groups is 1. The van der Waals surface area contributed by atoms with E-state index in [1.54, 1.807) is 6.92 Å². The van der Waals surface area contributed by atoms with Crippen molar-refractivity contribution >= 4 is 22.6 Å². The Kier molecular flexibility index (Phi) is 4.85. The third-order valence-electron chi connectivity index (χ3n) is 4.40. The molecule has 0 amide bonds. The van der Waals surface area contributed by atoms with Gasteiger partial charge in [-0.1, -0.05) is 18.2 Å². The molecule has 0 atom stereocenters. The second kappa shape index (κ2) is 7.05. The lowest BCUT2D eigenvalue weighted by molar-refractivity contribution is -0.143. The number of pyridine rings is 1. The van der Waals surface area contributed by atoms with E-state index in [2.05, 4.69) is 9.99 Å². The number of fused-ring (bicyclic) bond motifs is 3. The maximum absolute atomic E-state index is 12.4. The van der Waals surface area contributed by atoms with Gasteiger partial charge in [-0.05, 0) is 25.8 Å². The Morgan fingerprint density at radius 1 is 1.38 bits per heavy atom. The van der Waals surface area contributed by atoms with Gasteiger partial charge in [0.15, 0.2) is 0 Å². The van der Waals surface area contributed by atoms with Gasteiger partial charge < -0.3 is 14.7 Å². The Balaban J connectivity index is 1.93. The van der Waals surface area contributed by atoms with Crippen LogP contribution in [-0.4, -0.2) is 42.7 Å². The monoisotopic (exact) mass is 329 g/mol. The molecule has 0 fully saturated rings. The molecule has 3 rings (SSSR count). The minimum Gasteiger partial charge on any atom is -0.466 e. The number of hydrogen-bond donors (Lipinski definition) is 1. The van der Waals surface area contributed by atoms with Crippen LogP contribution in [0.2, 0.25) is 0 Å². The number of hydrazine groups is 1. The van der Waals surface area contributed by atoms with Gasteiger partial charge in [0, 0.05) is 31.1 Å². The molecule has 128 valence electrons. The van der Waals surface area contributed by atoms with E-state index < -0.39 is 0 Å². The first-order valence-electron chi connectivity index (χ1n) is 8.40. The zero-order valence-electron chi connectivity index (χ0n) is 14.2. The smallest absolute Gasteiger partial charge is 0.307 e. The first-order valence-corrected chi connectivity index (χ1v) is 8.40. The summed E-state index contributed by atoms with van der Waals surface area (Å²) < 4.78 is 5.00. The number of nitrogens with zero attached hydrogens (tertiary/aromatic N) is 2. The Labute approximate surface area is 141 Å². The molecule has 0 aliphatic carbocycles. The van der Waals surface area contributed by atoms with Crippen LogP contribution in [0.3, 0.4) is 0 Å². The maximum Gasteiger partial charge on any atom is 0.307 e. The molecule has 24 heavy (non-hydrogen) atoms. The van der Waals surface area contributed by atoms with Crippen LogP contribution in [0.5, 0.6) is 0 Å². The van der Waals surface area contributed by atoms with E-state index >= 15 is 0 Å². The number of H-pyrrole nitrogens is 1. The number of aromatic amines is 1. The average Bonchev–Trinajstić information content (AvgIpc) is 2.59. The summed E-state index contributed by atoms with van der Waals surface area (Å²) in [6.07, 6.45) is 2.02. The minimum atomic E-state index is -0.197. The van der Waals surface area contributed by atoms with Gasteiger partial charge in [0.25, 0.3) is 5.56 Å². The Hall–Kier alpha value is -2.34. The molecule has 6 heteroatoms. The molecular weight excluding hydrogens is 306 g/mol. The third-order valence-corrected chi connectivity index (χ3v) is 4.40. The van der Waals surface area contributed by atoms with E-state index in [-0.39, 0.29) is 11.5 Å². The predicted octanol–water partition coefficient (Wildman–Crippen LogP) is 2.08. The number of benzene rings is 1. The summed E-state index contributed by atoms with van der Waals surface area (Å²) in [6, 6.07) is 7.85. The lowest BCUT2D eigenvalue weighted by Crippen LogP contribution is -2.45. The van der Waals surface area contributed by atoms with Crippen molar-refractivity contribution < 1.29 is 9.53 Å². The molecule has 0 spiro atoms. The lowest BCUT2D eigenvalue weighted by Gasteiger charge is -2.38. The third kappa shape index (κ3) is 3.14. The molecule has 2 heterocycles. The highest BCUT2D eigenvalue weighted by atomic mass is 16.5. The molecule has 6 nitrogen and oxygen atoms in total. The van der Waals surface area contributed by atoms with Crippen LogP contribution in [0.15, 0.2) is 29.1 Å². The highest BCUT2D eigenvalue weighted by Gasteiger charge is 2.25. The van der Waals surface area contributed by atoms with E-state index in [0.717, 1.165) is 41.5 Å². The molecule has 2 aromatic rings. The zero-order valence-corrected chi connectivity index (χ0v) is 14.2. The van der Waals surface area contributed by atoms with Crippen LogP contribution in [0, 0.1) is 0 Å². The maximum atomic E-state index is 12.4. The fraction of sp³-hybridized carbons (Fsp3) is 0.444. The Morgan fingerprint density at radius 2 is 2.17 bits per heavy atom. The molecule has 1 N–H and O–H groups in total. The lowest BCUT2D eigenvalue weighted by atomic mass is 10.0. The van der Waals surface area contributed by atoms with E-state index in [4.69, 9.17) is 4.74 Å². The number of rotatable bonds is 5. The number of para-hydroxylation sites is 1. The highest BCUT2D eigenvalue weighted by Crippen LogP contribution is 2.32. The molecule has 0 bridgehead atoms. The number of hydrogen-bond acceptors (Lipinski definition) is 5. The first kappa shape index (κ1) is 16.5. The fourth-order valence-corrected chi connectivity index (χ4v) is 3.26. The molecule has 0 saturated carbocycles. The van der Waals surface area contributed by atoms with Crippen molar-refractivity contribution in [3.8, 4) is 0 Å². The summed E-state index contributed by atoms with van der Waals surface area (Å²) in [6.45, 7) is 3.59. The summed E-state index contributed by atoms with van der Waals surface area (Å²) in [5, 5.41) is 5.17. The number of anilines is 1. The number of aromatic nitrogens is 1. The van der Waals surface area contributed by atoms with Crippen LogP contribution < -0.4 is 10.6 Å². The molecule has 0 unspecified atom stereocenters. The van der Waals surface area contributed by atoms with Crippen LogP contribution in [-0.2, 0) is 16.0 Å². The molecule has 1 aliphatic rings. The second-order valence-corrected chi connectivity index (χ2v) is 5.99. The van der Waals surface area contributed by atoms with Gasteiger partial charge >= 0.3 is 5.97 Å². The average molecular weight is 329 g/mol. The van der Waals surface area contributed by atoms with Crippen LogP contribution in [0.1, 0.15) is 25.3 Å². The van der Waals surface area contributed by atoms with Gasteiger partial charge in [-0.2, -0.15) is 0 Å². The van der Waals surface area contributed by atoms with Crippen LogP contribution in [0.4, 0.5) is 5.69 Å². The summed E-state index contributed by atoms with van der Waals surface area (Å²) >= 11 is 0. The van der Waals surface area contributed by atoms with E-state index in [0.29, 0.717) is 19.6 Å². The van der Waals surface area contributed by atoms with Gasteiger partial charge in [-0.25, -0.2) is 5.01 Å². The quantitative estimate of drug-likeness (QED) is 0.851. The zero-order chi connectivity index (χ0) is 17.1. The van der Waals surface area contributed by atoms with Crippen molar-refractivity contribution in [3.05, 3.63) is 40.2 Å². The van der Waals surface area contributed by atoms with Crippen LogP contribution in [0.25, 0.3) is 10.9 Å². The van der Waals surface area contributed by atoms with E-state index in [1.807, 2.05) is 36.3 Å². The summed E-state index contributed by atoms with van der Waals surface area (Å²) in [4.78, 5) is 27.0. The van der Waals surface area contributed by atoms with Gasteiger partial charge in [0.2, 0.25) is 0 Å². The van der Waals surface area contributed by atoms with Gasteiger partial charge in [0.05, 0.1) is 24.2 Å². The predicted molar refractivity (Wildman–Crippen MR) is 94.1 cm³/mol. The van der Waals surface area contributed by atoms with Crippen molar-refractivity contribution in [3.63, 3.8) is 0 Å². The SMILES string of the molecule is CCOC(=O)CCN(C)N1CCCc2c1c1ccccc1[nH]c2=O. The van der Waals surface area contributed by atoms with Gasteiger partial charge in [0.1, 0.15) is 0 Å². The summed E-state index contributed by atoms with van der Waals surface area (Å²) in [5.74, 6) is -0.197. The van der Waals surface area contributed by atoms with Crippen molar-refractivity contribution in [1.29, 1.82) is 0 Å². The molecule has 1 aromatic carbocycles. The normalized spacial score (nSPS) is 14.0. The van der Waals surface area contributed by atoms with Crippen molar-refractivity contribution in [2.75, 3.05) is 31.8 Å². The number of ether oxygens (including phenoxy) is 1. The minimum absolute atomic E-state index is 0.0211. The first-order chi connectivity index (χ1) is 11.6. The Bertz CT molecular complexity index is 800. The molecule has 1 aliphatic heterocycles. The number of esters is 1. The van der Waals surface area contributed by atoms with Crippen molar-refractivity contribution in [2.24, 2.45) is 0 Å². The van der Waals surface area contributed by atoms with E-state index in [9.17, 15) is 9.59 Å². The van der Waals surface area contributed by atoms with Crippen LogP contribution >= 0.6 is 0 Å². The number of nitrogens with one attached hydrogen (secondary N) is 1. The largest absolute Gasteiger partial charge is 0.466 e. The van der Waals surface area contributed by atoms with E-state index in [1.165, 1.54) is 0 Å². The summed E-state index contributed by atoms with van der Waals surface area (Å²) in [5.41, 5.74) is 2.61. The molecular formula is C18H23N3O3. The fourth-order valence-electron chi connectivity index (χ4n) is 3.26. The van der Waals surface area contributed by atoms with Gasteiger partial charge in [-0.3, -0.25) is 9.59 Å². The van der Waals surface area contributed by atoms with Gasteiger partial charge in [-0.15, -0.1) is 0 Å². The number of carbonyl (C=O) groups excluding carboxylic acids is 1. The Morgan fingerprint density at radius 3 is 2.96 bits per heavy atom. The topological polar surface area (TPSA) is 65.6 Å².